The van der Waals surface area contributed by atoms with Crippen molar-refractivity contribution >= 4 is 35.5 Å². The fourth-order valence-electron chi connectivity index (χ4n) is 5.04. The second kappa shape index (κ2) is 19.9. The van der Waals surface area contributed by atoms with E-state index in [0.29, 0.717) is 44.3 Å². The van der Waals surface area contributed by atoms with Crippen LogP contribution in [0.2, 0.25) is 0 Å². The number of nitrogens with one attached hydrogen (secondary N) is 5. The highest BCUT2D eigenvalue weighted by molar-refractivity contribution is 5.95. The molecular formula is C29H46F3N9O5. The zero-order chi connectivity index (χ0) is 34.9. The lowest BCUT2D eigenvalue weighted by molar-refractivity contribution is -0.192. The average molecular weight is 658 g/mol. The molecule has 1 aromatic carbocycles. The number of alkyl halides is 3. The van der Waals surface area contributed by atoms with Crippen molar-refractivity contribution in [1.82, 2.24) is 16.0 Å². The maximum absolute atomic E-state index is 13.7. The van der Waals surface area contributed by atoms with Crippen molar-refractivity contribution in [2.75, 3.05) is 13.1 Å². The van der Waals surface area contributed by atoms with Crippen molar-refractivity contribution in [1.29, 1.82) is 10.8 Å². The first kappa shape index (κ1) is 39.6. The number of benzene rings is 1. The van der Waals surface area contributed by atoms with Crippen molar-refractivity contribution in [3.63, 3.8) is 0 Å². The standard InChI is InChI=1S/C27H45N9O3.C2HF3O2/c28-14-4-8-22(26(39)35-21(24(31)37)9-5-15-34-27(32)33)36-25(38)20(18-6-2-1-3-7-18)16-17-10-12-19(13-11-17)23(29)30;3-2(4,5)1(6)7/h10-13,18,20-22H,1-9,14-16,28H2,(H3,29,30)(H2,31,37)(H,35,39)(H,36,38)(H4,32,33,34);(H,6,7)/t20-,21+,22+;/m1./s1. The Balaban J connectivity index is 0.00000135. The molecule has 258 valence electrons. The third-order valence-electron chi connectivity index (χ3n) is 7.49. The smallest absolute Gasteiger partial charge is 0.475 e. The van der Waals surface area contributed by atoms with Gasteiger partial charge in [-0.2, -0.15) is 13.2 Å². The quantitative estimate of drug-likeness (QED) is 0.0683. The lowest BCUT2D eigenvalue weighted by Gasteiger charge is -2.31. The highest BCUT2D eigenvalue weighted by Gasteiger charge is 2.38. The number of rotatable bonds is 16. The average Bonchev–Trinajstić information content (AvgIpc) is 2.99. The van der Waals surface area contributed by atoms with E-state index in [1.807, 2.05) is 12.1 Å². The minimum Gasteiger partial charge on any atom is -0.475 e. The number of carboxylic acids is 1. The van der Waals surface area contributed by atoms with Crippen LogP contribution in [0, 0.1) is 22.7 Å². The Morgan fingerprint density at radius 1 is 0.891 bits per heavy atom. The second-order valence-electron chi connectivity index (χ2n) is 11.1. The first-order valence-electron chi connectivity index (χ1n) is 15.0. The summed E-state index contributed by atoms with van der Waals surface area (Å²) in [5.74, 6) is -4.44. The Morgan fingerprint density at radius 3 is 1.91 bits per heavy atom. The van der Waals surface area contributed by atoms with E-state index in [1.54, 1.807) is 12.1 Å². The molecule has 46 heavy (non-hydrogen) atoms. The van der Waals surface area contributed by atoms with E-state index in [2.05, 4.69) is 16.0 Å². The van der Waals surface area contributed by atoms with Crippen molar-refractivity contribution < 1.29 is 37.5 Å². The highest BCUT2D eigenvalue weighted by Crippen LogP contribution is 2.32. The van der Waals surface area contributed by atoms with E-state index in [1.165, 1.54) is 0 Å². The van der Waals surface area contributed by atoms with Gasteiger partial charge in [0.05, 0.1) is 0 Å². The Labute approximate surface area is 265 Å². The van der Waals surface area contributed by atoms with Gasteiger partial charge in [0.1, 0.15) is 17.9 Å². The lowest BCUT2D eigenvalue weighted by Crippen LogP contribution is -2.54. The number of amidine groups is 1. The van der Waals surface area contributed by atoms with Gasteiger partial charge in [-0.1, -0.05) is 43.5 Å². The molecule has 1 aliphatic rings. The van der Waals surface area contributed by atoms with Gasteiger partial charge in [0.2, 0.25) is 17.7 Å². The Kier molecular flexibility index (Phi) is 17.1. The maximum Gasteiger partial charge on any atom is 0.490 e. The summed E-state index contributed by atoms with van der Waals surface area (Å²) in [6, 6.07) is 5.55. The van der Waals surface area contributed by atoms with Crippen LogP contribution in [0.1, 0.15) is 68.9 Å². The molecule has 0 aromatic heterocycles. The van der Waals surface area contributed by atoms with E-state index in [-0.39, 0.29) is 36.0 Å². The molecule has 1 aliphatic carbocycles. The Hall–Kier alpha value is -4.41. The van der Waals surface area contributed by atoms with Crippen LogP contribution in [0.5, 0.6) is 0 Å². The molecule has 14 nitrogen and oxygen atoms in total. The van der Waals surface area contributed by atoms with Gasteiger partial charge >= 0.3 is 12.1 Å². The predicted octanol–water partition coefficient (Wildman–Crippen LogP) is 0.800. The first-order chi connectivity index (χ1) is 21.6. The van der Waals surface area contributed by atoms with Crippen LogP contribution >= 0.6 is 0 Å². The number of amides is 3. The number of carbonyl (C=O) groups is 4. The molecule has 0 aliphatic heterocycles. The van der Waals surface area contributed by atoms with Crippen LogP contribution in [0.4, 0.5) is 13.2 Å². The number of guanidine groups is 1. The minimum absolute atomic E-state index is 0.0127. The molecule has 0 unspecified atom stereocenters. The van der Waals surface area contributed by atoms with Gasteiger partial charge in [-0.05, 0) is 63.0 Å². The number of nitrogen functional groups attached to an aromatic ring is 1. The van der Waals surface area contributed by atoms with Crippen LogP contribution in [-0.2, 0) is 25.6 Å². The highest BCUT2D eigenvalue weighted by atomic mass is 19.4. The van der Waals surface area contributed by atoms with Gasteiger partial charge in [0.25, 0.3) is 0 Å². The first-order valence-corrected chi connectivity index (χ1v) is 15.0. The molecule has 0 radical (unpaired) electrons. The summed E-state index contributed by atoms with van der Waals surface area (Å²) in [6.45, 7) is 0.711. The lowest BCUT2D eigenvalue weighted by atomic mass is 9.76. The molecule has 3 atom stereocenters. The summed E-state index contributed by atoms with van der Waals surface area (Å²) in [4.78, 5) is 47.8. The SMILES string of the molecule is N=C(N)NCCC[C@H](NC(=O)[C@H](CCCN)NC(=O)[C@H](Cc1ccc(C(=N)N)cc1)C1CCCCC1)C(N)=O.O=C(O)C(F)(F)F. The van der Waals surface area contributed by atoms with Crippen LogP contribution in [0.3, 0.4) is 0 Å². The fourth-order valence-corrected chi connectivity index (χ4v) is 5.04. The molecule has 0 saturated heterocycles. The van der Waals surface area contributed by atoms with Crippen LogP contribution in [0.25, 0.3) is 0 Å². The summed E-state index contributed by atoms with van der Waals surface area (Å²) < 4.78 is 31.7. The maximum atomic E-state index is 13.7. The normalized spacial score (nSPS) is 15.2. The number of carbonyl (C=O) groups excluding carboxylic acids is 3. The third-order valence-corrected chi connectivity index (χ3v) is 7.49. The molecule has 0 bridgehead atoms. The van der Waals surface area contributed by atoms with Crippen LogP contribution in [0.15, 0.2) is 24.3 Å². The fraction of sp³-hybridized carbons (Fsp3) is 0.586. The Morgan fingerprint density at radius 2 is 1.43 bits per heavy atom. The van der Waals surface area contributed by atoms with Gasteiger partial charge in [-0.3, -0.25) is 25.2 Å². The van der Waals surface area contributed by atoms with Crippen molar-refractivity contribution in [3.05, 3.63) is 35.4 Å². The van der Waals surface area contributed by atoms with E-state index >= 15 is 0 Å². The number of aliphatic carboxylic acids is 1. The molecule has 2 rings (SSSR count). The van der Waals surface area contributed by atoms with Gasteiger partial charge in [0, 0.05) is 18.0 Å². The van der Waals surface area contributed by atoms with Gasteiger partial charge < -0.3 is 44.0 Å². The van der Waals surface area contributed by atoms with Crippen molar-refractivity contribution in [3.8, 4) is 0 Å². The van der Waals surface area contributed by atoms with Crippen molar-refractivity contribution in [2.24, 2.45) is 34.8 Å². The zero-order valence-electron chi connectivity index (χ0n) is 25.6. The summed E-state index contributed by atoms with van der Waals surface area (Å²) in [5.41, 5.74) is 23.7. The molecule has 14 N–H and O–H groups in total. The van der Waals surface area contributed by atoms with E-state index in [4.69, 9.17) is 43.7 Å². The summed E-state index contributed by atoms with van der Waals surface area (Å²) >= 11 is 0. The van der Waals surface area contributed by atoms with Crippen molar-refractivity contribution in [2.45, 2.75) is 82.5 Å². The second-order valence-corrected chi connectivity index (χ2v) is 11.1. The van der Waals surface area contributed by atoms with Crippen LogP contribution in [-0.4, -0.2) is 71.9 Å². The summed E-state index contributed by atoms with van der Waals surface area (Å²) in [7, 11) is 0. The van der Waals surface area contributed by atoms with Gasteiger partial charge in [0.15, 0.2) is 5.96 Å². The summed E-state index contributed by atoms with van der Waals surface area (Å²) in [5, 5.41) is 30.2. The predicted molar refractivity (Wildman–Crippen MR) is 165 cm³/mol. The largest absolute Gasteiger partial charge is 0.490 e. The molecular weight excluding hydrogens is 611 g/mol. The van der Waals surface area contributed by atoms with Crippen LogP contribution < -0.4 is 38.9 Å². The van der Waals surface area contributed by atoms with E-state index in [9.17, 15) is 27.6 Å². The van der Waals surface area contributed by atoms with E-state index in [0.717, 1.165) is 37.7 Å². The topological polar surface area (TPSA) is 276 Å². The number of hydrogen-bond acceptors (Lipinski definition) is 7. The monoisotopic (exact) mass is 657 g/mol. The third kappa shape index (κ3) is 15.0. The number of primary amides is 1. The molecule has 1 saturated carbocycles. The molecule has 0 heterocycles. The zero-order valence-corrected chi connectivity index (χ0v) is 25.6. The number of nitrogens with two attached hydrogens (primary N) is 4. The molecule has 0 spiro atoms. The summed E-state index contributed by atoms with van der Waals surface area (Å²) in [6.07, 6.45) is 2.16. The number of carboxylic acid groups (broad SMARTS) is 1. The number of halogens is 3. The number of hydrogen-bond donors (Lipinski definition) is 10. The van der Waals surface area contributed by atoms with Gasteiger partial charge in [-0.25, -0.2) is 4.79 Å². The molecule has 1 fully saturated rings. The molecule has 1 aromatic rings. The van der Waals surface area contributed by atoms with Gasteiger partial charge in [-0.15, -0.1) is 0 Å². The van der Waals surface area contributed by atoms with E-state index < -0.39 is 36.0 Å². The molecule has 17 heteroatoms. The molecule has 3 amide bonds. The Bertz CT molecular complexity index is 1180. The minimum atomic E-state index is -5.08.